The van der Waals surface area contributed by atoms with Crippen LogP contribution in [0.25, 0.3) is 11.0 Å². The second-order valence-corrected chi connectivity index (χ2v) is 4.90. The molecular weight excluding hydrogens is 236 g/mol. The van der Waals surface area contributed by atoms with E-state index in [4.69, 9.17) is 11.6 Å². The third kappa shape index (κ3) is 2.22. The van der Waals surface area contributed by atoms with Crippen molar-refractivity contribution in [2.24, 2.45) is 0 Å². The van der Waals surface area contributed by atoms with E-state index in [1.165, 1.54) is 32.1 Å². The van der Waals surface area contributed by atoms with Gasteiger partial charge in [-0.3, -0.25) is 0 Å². The van der Waals surface area contributed by atoms with Crippen molar-refractivity contribution in [2.45, 2.75) is 38.1 Å². The molecule has 17 heavy (non-hydrogen) atoms. The normalized spacial score (nSPS) is 17.5. The van der Waals surface area contributed by atoms with E-state index in [2.05, 4.69) is 20.3 Å². The average molecular weight is 251 g/mol. The zero-order chi connectivity index (χ0) is 11.7. The van der Waals surface area contributed by atoms with Crippen molar-refractivity contribution < 1.29 is 0 Å². The highest BCUT2D eigenvalue weighted by atomic mass is 35.5. The molecule has 0 aliphatic heterocycles. The summed E-state index contributed by atoms with van der Waals surface area (Å²) in [6.45, 7) is 0. The molecule has 4 nitrogen and oxygen atoms in total. The molecule has 1 fully saturated rings. The molecule has 2 aromatic rings. The third-order valence-corrected chi connectivity index (χ3v) is 3.49. The molecule has 0 aromatic carbocycles. The van der Waals surface area contributed by atoms with Crippen LogP contribution in [0.4, 0.5) is 5.82 Å². The molecule has 0 radical (unpaired) electrons. The van der Waals surface area contributed by atoms with Crippen molar-refractivity contribution in [3.05, 3.63) is 17.5 Å². The highest BCUT2D eigenvalue weighted by Crippen LogP contribution is 2.25. The fourth-order valence-corrected chi connectivity index (χ4v) is 2.64. The fourth-order valence-electron chi connectivity index (χ4n) is 2.46. The number of aromatic nitrogens is 3. The van der Waals surface area contributed by atoms with Gasteiger partial charge in [-0.2, -0.15) is 4.98 Å². The number of hydrogen-bond acceptors (Lipinski definition) is 3. The number of aromatic amines is 1. The fraction of sp³-hybridized carbons (Fsp3) is 0.500. The van der Waals surface area contributed by atoms with Gasteiger partial charge in [-0.25, -0.2) is 4.98 Å². The number of rotatable bonds is 2. The van der Waals surface area contributed by atoms with Gasteiger partial charge < -0.3 is 10.3 Å². The van der Waals surface area contributed by atoms with Gasteiger partial charge in [-0.05, 0) is 30.5 Å². The van der Waals surface area contributed by atoms with Gasteiger partial charge in [-0.1, -0.05) is 19.3 Å². The quantitative estimate of drug-likeness (QED) is 0.804. The summed E-state index contributed by atoms with van der Waals surface area (Å²) in [4.78, 5) is 11.6. The number of fused-ring (bicyclic) bond motifs is 1. The van der Waals surface area contributed by atoms with Crippen LogP contribution in [0.2, 0.25) is 5.28 Å². The van der Waals surface area contributed by atoms with Crippen LogP contribution >= 0.6 is 11.6 Å². The maximum atomic E-state index is 5.92. The van der Waals surface area contributed by atoms with E-state index in [0.717, 1.165) is 16.9 Å². The summed E-state index contributed by atoms with van der Waals surface area (Å²) in [6, 6.07) is 2.43. The first-order valence-corrected chi connectivity index (χ1v) is 6.48. The molecule has 2 heterocycles. The van der Waals surface area contributed by atoms with Crippen LogP contribution < -0.4 is 5.32 Å². The van der Waals surface area contributed by atoms with E-state index < -0.39 is 0 Å². The SMILES string of the molecule is Clc1nc(NC2CCCCC2)c2[nH]ccc2n1. The number of anilines is 1. The summed E-state index contributed by atoms with van der Waals surface area (Å²) in [5, 5.41) is 3.79. The summed E-state index contributed by atoms with van der Waals surface area (Å²) >= 11 is 5.92. The van der Waals surface area contributed by atoms with Crippen LogP contribution in [0.1, 0.15) is 32.1 Å². The van der Waals surface area contributed by atoms with Crippen molar-refractivity contribution >= 4 is 28.5 Å². The monoisotopic (exact) mass is 250 g/mol. The van der Waals surface area contributed by atoms with Crippen LogP contribution in [0.15, 0.2) is 12.3 Å². The Bertz CT molecular complexity index is 516. The van der Waals surface area contributed by atoms with E-state index in [9.17, 15) is 0 Å². The Hall–Kier alpha value is -1.29. The van der Waals surface area contributed by atoms with E-state index in [-0.39, 0.29) is 0 Å². The Morgan fingerprint density at radius 1 is 1.24 bits per heavy atom. The second kappa shape index (κ2) is 4.53. The predicted octanol–water partition coefficient (Wildman–Crippen LogP) is 3.36. The number of nitrogens with one attached hydrogen (secondary N) is 2. The van der Waals surface area contributed by atoms with Crippen LogP contribution in [-0.4, -0.2) is 21.0 Å². The smallest absolute Gasteiger partial charge is 0.225 e. The van der Waals surface area contributed by atoms with Crippen LogP contribution in [0.3, 0.4) is 0 Å². The first-order valence-electron chi connectivity index (χ1n) is 6.10. The van der Waals surface area contributed by atoms with Crippen molar-refractivity contribution in [1.82, 2.24) is 15.0 Å². The van der Waals surface area contributed by atoms with Crippen LogP contribution in [0, 0.1) is 0 Å². The predicted molar refractivity (Wildman–Crippen MR) is 69.4 cm³/mol. The summed E-state index contributed by atoms with van der Waals surface area (Å²) in [5.41, 5.74) is 1.81. The Kier molecular flexibility index (Phi) is 2.89. The standard InChI is InChI=1S/C12H15ClN4/c13-12-16-9-6-7-14-10(9)11(17-12)15-8-4-2-1-3-5-8/h6-8,14H,1-5H2,(H,15,16,17). The van der Waals surface area contributed by atoms with Crippen molar-refractivity contribution in [3.8, 4) is 0 Å². The molecule has 3 rings (SSSR count). The Labute approximate surface area is 105 Å². The molecule has 0 saturated heterocycles. The van der Waals surface area contributed by atoms with Crippen LogP contribution in [-0.2, 0) is 0 Å². The lowest BCUT2D eigenvalue weighted by Crippen LogP contribution is -2.23. The highest BCUT2D eigenvalue weighted by Gasteiger charge is 2.16. The van der Waals surface area contributed by atoms with Crippen molar-refractivity contribution in [3.63, 3.8) is 0 Å². The lowest BCUT2D eigenvalue weighted by atomic mass is 9.95. The number of hydrogen-bond donors (Lipinski definition) is 2. The minimum absolute atomic E-state index is 0.301. The lowest BCUT2D eigenvalue weighted by molar-refractivity contribution is 0.462. The lowest BCUT2D eigenvalue weighted by Gasteiger charge is -2.23. The molecule has 2 aromatic heterocycles. The van der Waals surface area contributed by atoms with Gasteiger partial charge in [0.05, 0.1) is 5.52 Å². The Balaban J connectivity index is 1.90. The zero-order valence-electron chi connectivity index (χ0n) is 9.54. The molecule has 1 aliphatic rings. The molecule has 0 amide bonds. The molecule has 5 heteroatoms. The first-order chi connectivity index (χ1) is 8.33. The van der Waals surface area contributed by atoms with Gasteiger partial charge in [0, 0.05) is 12.2 Å². The molecule has 90 valence electrons. The highest BCUT2D eigenvalue weighted by molar-refractivity contribution is 6.28. The van der Waals surface area contributed by atoms with Gasteiger partial charge in [0.1, 0.15) is 5.52 Å². The minimum Gasteiger partial charge on any atom is -0.365 e. The number of H-pyrrole nitrogens is 1. The molecule has 1 saturated carbocycles. The topological polar surface area (TPSA) is 53.6 Å². The van der Waals surface area contributed by atoms with E-state index in [1.54, 1.807) is 0 Å². The molecule has 0 bridgehead atoms. The van der Waals surface area contributed by atoms with Gasteiger partial charge in [-0.15, -0.1) is 0 Å². The maximum Gasteiger partial charge on any atom is 0.225 e. The summed E-state index contributed by atoms with van der Waals surface area (Å²) in [5.74, 6) is 0.830. The minimum atomic E-state index is 0.301. The average Bonchev–Trinajstić information content (AvgIpc) is 2.78. The third-order valence-electron chi connectivity index (χ3n) is 3.32. The van der Waals surface area contributed by atoms with Gasteiger partial charge in [0.15, 0.2) is 5.82 Å². The second-order valence-electron chi connectivity index (χ2n) is 4.56. The molecule has 0 unspecified atom stereocenters. The molecule has 1 aliphatic carbocycles. The van der Waals surface area contributed by atoms with Gasteiger partial charge in [0.25, 0.3) is 0 Å². The molecule has 0 atom stereocenters. The Morgan fingerprint density at radius 3 is 2.88 bits per heavy atom. The van der Waals surface area contributed by atoms with Crippen LogP contribution in [0.5, 0.6) is 0 Å². The zero-order valence-corrected chi connectivity index (χ0v) is 10.3. The van der Waals surface area contributed by atoms with E-state index in [0.29, 0.717) is 11.3 Å². The Morgan fingerprint density at radius 2 is 2.06 bits per heavy atom. The largest absolute Gasteiger partial charge is 0.365 e. The summed E-state index contributed by atoms with van der Waals surface area (Å²) in [6.07, 6.45) is 8.23. The first kappa shape index (κ1) is 10.8. The molecular formula is C12H15ClN4. The number of nitrogens with zero attached hydrogens (tertiary/aromatic N) is 2. The molecule has 0 spiro atoms. The van der Waals surface area contributed by atoms with Crippen molar-refractivity contribution in [1.29, 1.82) is 0 Å². The summed E-state index contributed by atoms with van der Waals surface area (Å²) in [7, 11) is 0. The maximum absolute atomic E-state index is 5.92. The van der Waals surface area contributed by atoms with Crippen molar-refractivity contribution in [2.75, 3.05) is 5.32 Å². The van der Waals surface area contributed by atoms with Gasteiger partial charge >= 0.3 is 0 Å². The summed E-state index contributed by atoms with van der Waals surface area (Å²) < 4.78 is 0. The van der Waals surface area contributed by atoms with E-state index >= 15 is 0 Å². The molecule has 2 N–H and O–H groups in total. The van der Waals surface area contributed by atoms with E-state index in [1.807, 2.05) is 12.3 Å². The number of halogens is 1. The van der Waals surface area contributed by atoms with Gasteiger partial charge in [0.2, 0.25) is 5.28 Å².